The smallest absolute Gasteiger partial charge is 0.163 e. The van der Waals surface area contributed by atoms with Crippen LogP contribution in [0, 0.1) is 0 Å². The van der Waals surface area contributed by atoms with E-state index in [1.54, 1.807) is 14.2 Å². The number of fused-ring (bicyclic) bond motifs is 1. The van der Waals surface area contributed by atoms with Crippen molar-refractivity contribution in [3.63, 3.8) is 0 Å². The van der Waals surface area contributed by atoms with Crippen molar-refractivity contribution in [2.24, 2.45) is 0 Å². The second-order valence-corrected chi connectivity index (χ2v) is 4.47. The lowest BCUT2D eigenvalue weighted by atomic mass is 10.2. The van der Waals surface area contributed by atoms with Crippen LogP contribution in [0.2, 0.25) is 0 Å². The Labute approximate surface area is 129 Å². The molecule has 0 amide bonds. The topological polar surface area (TPSA) is 74.7 Å². The fourth-order valence-electron chi connectivity index (χ4n) is 1.96. The number of nitrogens with one attached hydrogen (secondary N) is 1. The van der Waals surface area contributed by atoms with E-state index in [1.807, 2.05) is 19.2 Å². The summed E-state index contributed by atoms with van der Waals surface area (Å²) >= 11 is 0. The van der Waals surface area contributed by atoms with Gasteiger partial charge in [0, 0.05) is 32.7 Å². The largest absolute Gasteiger partial charge is 0.487 e. The van der Waals surface area contributed by atoms with Crippen LogP contribution in [-0.4, -0.2) is 57.7 Å². The average molecular weight is 307 g/mol. The van der Waals surface area contributed by atoms with Crippen LogP contribution in [0.25, 0.3) is 10.9 Å². The van der Waals surface area contributed by atoms with E-state index in [1.165, 1.54) is 6.33 Å². The fraction of sp³-hybridized carbons (Fsp3) is 0.467. The van der Waals surface area contributed by atoms with Gasteiger partial charge in [-0.25, -0.2) is 9.97 Å². The van der Waals surface area contributed by atoms with Crippen molar-refractivity contribution in [1.82, 2.24) is 9.97 Å². The van der Waals surface area contributed by atoms with E-state index in [-0.39, 0.29) is 0 Å². The van der Waals surface area contributed by atoms with Crippen molar-refractivity contribution in [3.8, 4) is 11.5 Å². The van der Waals surface area contributed by atoms with Gasteiger partial charge < -0.3 is 24.3 Å². The molecule has 2 rings (SSSR count). The van der Waals surface area contributed by atoms with Gasteiger partial charge in [0.25, 0.3) is 0 Å². The highest BCUT2D eigenvalue weighted by atomic mass is 16.5. The zero-order chi connectivity index (χ0) is 15.8. The summed E-state index contributed by atoms with van der Waals surface area (Å²) in [4.78, 5) is 8.48. The van der Waals surface area contributed by atoms with Crippen molar-refractivity contribution in [2.75, 3.05) is 53.0 Å². The van der Waals surface area contributed by atoms with Gasteiger partial charge in [-0.2, -0.15) is 0 Å². The van der Waals surface area contributed by atoms with Gasteiger partial charge in [-0.1, -0.05) is 0 Å². The molecule has 1 heterocycles. The number of hydrogen-bond acceptors (Lipinski definition) is 7. The highest BCUT2D eigenvalue weighted by Gasteiger charge is 2.11. The molecular formula is C15H21N3O4. The summed E-state index contributed by atoms with van der Waals surface area (Å²) in [7, 11) is 5.08. The maximum absolute atomic E-state index is 5.74. The molecule has 0 aliphatic rings. The van der Waals surface area contributed by atoms with Gasteiger partial charge in [-0.05, 0) is 6.07 Å². The lowest BCUT2D eigenvalue weighted by Gasteiger charge is -2.14. The van der Waals surface area contributed by atoms with E-state index in [2.05, 4.69) is 15.3 Å². The van der Waals surface area contributed by atoms with E-state index in [9.17, 15) is 0 Å². The fourth-order valence-corrected chi connectivity index (χ4v) is 1.96. The minimum Gasteiger partial charge on any atom is -0.487 e. The summed E-state index contributed by atoms with van der Waals surface area (Å²) in [5, 5.41) is 3.92. The monoisotopic (exact) mass is 307 g/mol. The van der Waals surface area contributed by atoms with E-state index < -0.39 is 0 Å². The summed E-state index contributed by atoms with van der Waals surface area (Å²) in [5.41, 5.74) is 0.783. The van der Waals surface area contributed by atoms with Crippen molar-refractivity contribution >= 4 is 16.7 Å². The number of benzene rings is 1. The van der Waals surface area contributed by atoms with Gasteiger partial charge in [-0.15, -0.1) is 0 Å². The van der Waals surface area contributed by atoms with Crippen LogP contribution < -0.4 is 14.8 Å². The number of hydrogen-bond donors (Lipinski definition) is 1. The molecule has 1 aromatic heterocycles. The van der Waals surface area contributed by atoms with Crippen LogP contribution in [0.3, 0.4) is 0 Å². The van der Waals surface area contributed by atoms with Crippen LogP contribution in [0.4, 0.5) is 5.82 Å². The third-order valence-electron chi connectivity index (χ3n) is 3.03. The number of aromatic nitrogens is 2. The first-order chi connectivity index (χ1) is 10.8. The summed E-state index contributed by atoms with van der Waals surface area (Å²) < 4.78 is 21.5. The molecule has 0 atom stereocenters. The molecule has 0 bridgehead atoms. The second-order valence-electron chi connectivity index (χ2n) is 4.47. The van der Waals surface area contributed by atoms with Gasteiger partial charge in [0.1, 0.15) is 25.4 Å². The number of rotatable bonds is 9. The Balaban J connectivity index is 2.33. The molecule has 2 aromatic rings. The standard InChI is InChI=1S/C15H21N3O4/c1-16-15-11-8-13(21-6-4-19-2)14(22-7-5-20-3)9-12(11)17-10-18-15/h8-10H,4-7H2,1-3H3,(H,16,17,18). The quantitative estimate of drug-likeness (QED) is 0.707. The Morgan fingerprint density at radius 2 is 1.55 bits per heavy atom. The summed E-state index contributed by atoms with van der Waals surface area (Å²) in [6, 6.07) is 3.72. The third kappa shape index (κ3) is 3.96. The molecule has 1 aromatic carbocycles. The van der Waals surface area contributed by atoms with Crippen molar-refractivity contribution in [3.05, 3.63) is 18.5 Å². The zero-order valence-electron chi connectivity index (χ0n) is 13.1. The van der Waals surface area contributed by atoms with E-state index in [0.717, 1.165) is 16.7 Å². The van der Waals surface area contributed by atoms with Gasteiger partial charge >= 0.3 is 0 Å². The summed E-state index contributed by atoms with van der Waals surface area (Å²) in [5.74, 6) is 2.00. The van der Waals surface area contributed by atoms with Crippen LogP contribution in [0.1, 0.15) is 0 Å². The molecule has 120 valence electrons. The molecule has 0 aliphatic carbocycles. The van der Waals surface area contributed by atoms with Gasteiger partial charge in [0.2, 0.25) is 0 Å². The average Bonchev–Trinajstić information content (AvgIpc) is 2.55. The van der Waals surface area contributed by atoms with Crippen LogP contribution in [0.15, 0.2) is 18.5 Å². The third-order valence-corrected chi connectivity index (χ3v) is 3.03. The molecule has 0 spiro atoms. The molecule has 7 nitrogen and oxygen atoms in total. The van der Waals surface area contributed by atoms with Gasteiger partial charge in [-0.3, -0.25) is 0 Å². The van der Waals surface area contributed by atoms with Crippen molar-refractivity contribution < 1.29 is 18.9 Å². The number of nitrogens with zero attached hydrogens (tertiary/aromatic N) is 2. The second kappa shape index (κ2) is 8.35. The molecule has 1 N–H and O–H groups in total. The molecule has 0 fully saturated rings. The van der Waals surface area contributed by atoms with E-state index >= 15 is 0 Å². The van der Waals surface area contributed by atoms with Crippen molar-refractivity contribution in [2.45, 2.75) is 0 Å². The predicted molar refractivity (Wildman–Crippen MR) is 83.8 cm³/mol. The molecule has 0 saturated carbocycles. The normalized spacial score (nSPS) is 10.7. The van der Waals surface area contributed by atoms with E-state index in [0.29, 0.717) is 37.9 Å². The molecule has 7 heteroatoms. The van der Waals surface area contributed by atoms with Crippen LogP contribution in [0.5, 0.6) is 11.5 Å². The Morgan fingerprint density at radius 3 is 2.14 bits per heavy atom. The highest BCUT2D eigenvalue weighted by molar-refractivity contribution is 5.91. The minimum atomic E-state index is 0.436. The highest BCUT2D eigenvalue weighted by Crippen LogP contribution is 2.34. The first-order valence-electron chi connectivity index (χ1n) is 7.00. The number of anilines is 1. The first-order valence-corrected chi connectivity index (χ1v) is 7.00. The van der Waals surface area contributed by atoms with Gasteiger partial charge in [0.05, 0.1) is 18.7 Å². The molecule has 0 unspecified atom stereocenters. The minimum absolute atomic E-state index is 0.436. The Kier molecular flexibility index (Phi) is 6.17. The summed E-state index contributed by atoms with van der Waals surface area (Å²) in [6.07, 6.45) is 1.51. The SMILES string of the molecule is CNc1ncnc2cc(OCCOC)c(OCCOC)cc12. The molecule has 0 radical (unpaired) electrons. The van der Waals surface area contributed by atoms with Gasteiger partial charge in [0.15, 0.2) is 11.5 Å². The maximum atomic E-state index is 5.74. The predicted octanol–water partition coefficient (Wildman–Crippen LogP) is 1.72. The lowest BCUT2D eigenvalue weighted by Crippen LogP contribution is -2.09. The Hall–Kier alpha value is -2.12. The molecule has 0 saturated heterocycles. The van der Waals surface area contributed by atoms with E-state index in [4.69, 9.17) is 18.9 Å². The van der Waals surface area contributed by atoms with Crippen molar-refractivity contribution in [1.29, 1.82) is 0 Å². The first kappa shape index (κ1) is 16.3. The summed E-state index contributed by atoms with van der Waals surface area (Å²) in [6.45, 7) is 1.87. The van der Waals surface area contributed by atoms with Crippen LogP contribution >= 0.6 is 0 Å². The molecular weight excluding hydrogens is 286 g/mol. The maximum Gasteiger partial charge on any atom is 0.163 e. The molecule has 22 heavy (non-hydrogen) atoms. The number of ether oxygens (including phenoxy) is 4. The zero-order valence-corrected chi connectivity index (χ0v) is 13.1. The number of methoxy groups -OCH3 is 2. The Bertz CT molecular complexity index is 607. The Morgan fingerprint density at radius 1 is 0.909 bits per heavy atom. The lowest BCUT2D eigenvalue weighted by molar-refractivity contribution is 0.132. The van der Waals surface area contributed by atoms with Crippen LogP contribution in [-0.2, 0) is 9.47 Å². The molecule has 0 aliphatic heterocycles.